The predicted octanol–water partition coefficient (Wildman–Crippen LogP) is 4.15. The van der Waals surface area contributed by atoms with Crippen LogP contribution in [0.5, 0.6) is 11.5 Å². The number of nitrogens with zero attached hydrogens (tertiary/aromatic N) is 3. The van der Waals surface area contributed by atoms with Crippen LogP contribution in [0.1, 0.15) is 27.7 Å². The first-order chi connectivity index (χ1) is 14.8. The summed E-state index contributed by atoms with van der Waals surface area (Å²) in [5.74, 6) is 0.858. The fraction of sp³-hybridized carbons (Fsp3) is 0.333. The molecule has 0 saturated carbocycles. The molecule has 10 heteroatoms. The van der Waals surface area contributed by atoms with Gasteiger partial charge in [0.25, 0.3) is 0 Å². The molecular weight excluding hydrogens is 431 g/mol. The van der Waals surface area contributed by atoms with E-state index in [4.69, 9.17) is 9.47 Å². The standard InChI is InChI=1S/C21H20F3N3O3S/c1-29-15-10-13-5-8-27(19(28)12-26-7-6-18(25-26)21(22,23)24)20(17-4-3-9-31-17)14(13)11-16(15)30-2/h3-4,6-7,9-11,20H,5,8,12H2,1-2H3. The van der Waals surface area contributed by atoms with E-state index in [2.05, 4.69) is 5.10 Å². The number of aromatic nitrogens is 2. The van der Waals surface area contributed by atoms with E-state index in [1.54, 1.807) is 19.1 Å². The highest BCUT2D eigenvalue weighted by Crippen LogP contribution is 2.42. The third-order valence-corrected chi connectivity index (χ3v) is 6.16. The Balaban J connectivity index is 1.68. The van der Waals surface area contributed by atoms with Gasteiger partial charge in [-0.2, -0.15) is 18.3 Å². The summed E-state index contributed by atoms with van der Waals surface area (Å²) < 4.78 is 50.4. The van der Waals surface area contributed by atoms with E-state index in [0.717, 1.165) is 26.8 Å². The van der Waals surface area contributed by atoms with Crippen LogP contribution in [0.25, 0.3) is 0 Å². The lowest BCUT2D eigenvalue weighted by molar-refractivity contribution is -0.142. The third kappa shape index (κ3) is 4.12. The summed E-state index contributed by atoms with van der Waals surface area (Å²) in [5.41, 5.74) is 0.936. The Bertz CT molecular complexity index is 1080. The smallest absolute Gasteiger partial charge is 0.435 e. The summed E-state index contributed by atoms with van der Waals surface area (Å²) in [6.45, 7) is 0.151. The third-order valence-electron chi connectivity index (χ3n) is 5.24. The van der Waals surface area contributed by atoms with Gasteiger partial charge in [-0.25, -0.2) is 0 Å². The SMILES string of the molecule is COc1cc2c(cc1OC)C(c1cccs1)N(C(=O)Cn1ccc(C(F)(F)F)n1)CC2. The summed E-state index contributed by atoms with van der Waals surface area (Å²) in [4.78, 5) is 15.8. The van der Waals surface area contributed by atoms with Crippen LogP contribution in [-0.4, -0.2) is 41.4 Å². The molecule has 1 atom stereocenters. The molecule has 0 fully saturated rings. The van der Waals surface area contributed by atoms with E-state index in [-0.39, 0.29) is 18.5 Å². The van der Waals surface area contributed by atoms with Gasteiger partial charge in [0.05, 0.1) is 20.3 Å². The monoisotopic (exact) mass is 451 g/mol. The van der Waals surface area contributed by atoms with Gasteiger partial charge in [-0.05, 0) is 47.2 Å². The second-order valence-corrected chi connectivity index (χ2v) is 8.04. The van der Waals surface area contributed by atoms with Crippen molar-refractivity contribution in [2.24, 2.45) is 0 Å². The van der Waals surface area contributed by atoms with Crippen molar-refractivity contribution in [2.45, 2.75) is 25.2 Å². The van der Waals surface area contributed by atoms with E-state index in [1.165, 1.54) is 17.5 Å². The largest absolute Gasteiger partial charge is 0.493 e. The second-order valence-electron chi connectivity index (χ2n) is 7.06. The van der Waals surface area contributed by atoms with Crippen molar-refractivity contribution in [3.05, 3.63) is 63.6 Å². The minimum Gasteiger partial charge on any atom is -0.493 e. The number of fused-ring (bicyclic) bond motifs is 1. The van der Waals surface area contributed by atoms with Crippen molar-refractivity contribution in [2.75, 3.05) is 20.8 Å². The molecule has 6 nitrogen and oxygen atoms in total. The molecule has 3 heterocycles. The van der Waals surface area contributed by atoms with Crippen LogP contribution in [0.2, 0.25) is 0 Å². The van der Waals surface area contributed by atoms with Crippen molar-refractivity contribution in [1.82, 2.24) is 14.7 Å². The van der Waals surface area contributed by atoms with Crippen molar-refractivity contribution >= 4 is 17.2 Å². The molecule has 2 aromatic heterocycles. The lowest BCUT2D eigenvalue weighted by atomic mass is 9.90. The van der Waals surface area contributed by atoms with Gasteiger partial charge in [0.15, 0.2) is 17.2 Å². The summed E-state index contributed by atoms with van der Waals surface area (Å²) in [7, 11) is 3.12. The van der Waals surface area contributed by atoms with Crippen LogP contribution in [-0.2, 0) is 23.9 Å². The summed E-state index contributed by atoms with van der Waals surface area (Å²) in [6.07, 6.45) is -2.78. The molecule has 0 bridgehead atoms. The number of halogens is 3. The van der Waals surface area contributed by atoms with Gasteiger partial charge in [-0.3, -0.25) is 9.48 Å². The zero-order valence-electron chi connectivity index (χ0n) is 16.8. The first-order valence-electron chi connectivity index (χ1n) is 9.50. The minimum absolute atomic E-state index is 0.277. The molecule has 0 N–H and O–H groups in total. The fourth-order valence-electron chi connectivity index (χ4n) is 3.80. The molecule has 0 aliphatic carbocycles. The van der Waals surface area contributed by atoms with Crippen molar-refractivity contribution in [3.63, 3.8) is 0 Å². The molecular formula is C21H20F3N3O3S. The molecule has 1 aliphatic rings. The summed E-state index contributed by atoms with van der Waals surface area (Å²) in [6, 6.07) is 8.13. The molecule has 1 aromatic carbocycles. The van der Waals surface area contributed by atoms with Crippen LogP contribution < -0.4 is 9.47 Å². The molecule has 0 radical (unpaired) electrons. The quantitative estimate of drug-likeness (QED) is 0.585. The van der Waals surface area contributed by atoms with Crippen molar-refractivity contribution in [3.8, 4) is 11.5 Å². The Kier molecular flexibility index (Phi) is 5.65. The average Bonchev–Trinajstić information content (AvgIpc) is 3.43. The number of hydrogen-bond acceptors (Lipinski definition) is 5. The topological polar surface area (TPSA) is 56.6 Å². The van der Waals surface area contributed by atoms with E-state index >= 15 is 0 Å². The number of thiophene rings is 1. The van der Waals surface area contributed by atoms with Gasteiger partial charge in [0.2, 0.25) is 5.91 Å². The number of carbonyl (C=O) groups is 1. The van der Waals surface area contributed by atoms with Crippen LogP contribution in [0.15, 0.2) is 41.9 Å². The lowest BCUT2D eigenvalue weighted by Gasteiger charge is -2.37. The number of alkyl halides is 3. The molecule has 4 rings (SSSR count). The first kappa shape index (κ1) is 21.2. The molecule has 0 spiro atoms. The van der Waals surface area contributed by atoms with Crippen LogP contribution >= 0.6 is 11.3 Å². The molecule has 1 amide bonds. The molecule has 1 aliphatic heterocycles. The Hall–Kier alpha value is -3.01. The van der Waals surface area contributed by atoms with Gasteiger partial charge >= 0.3 is 6.18 Å². The zero-order chi connectivity index (χ0) is 22.2. The van der Waals surface area contributed by atoms with Gasteiger partial charge < -0.3 is 14.4 Å². The Morgan fingerprint density at radius 3 is 2.58 bits per heavy atom. The number of benzene rings is 1. The molecule has 31 heavy (non-hydrogen) atoms. The minimum atomic E-state index is -4.55. The summed E-state index contributed by atoms with van der Waals surface area (Å²) in [5, 5.41) is 5.44. The lowest BCUT2D eigenvalue weighted by Crippen LogP contribution is -2.42. The van der Waals surface area contributed by atoms with Gasteiger partial charge in [0.1, 0.15) is 6.54 Å². The number of hydrogen-bond donors (Lipinski definition) is 0. The molecule has 3 aromatic rings. The molecule has 0 saturated heterocycles. The van der Waals surface area contributed by atoms with Crippen molar-refractivity contribution in [1.29, 1.82) is 0 Å². The zero-order valence-corrected chi connectivity index (χ0v) is 17.7. The molecule has 164 valence electrons. The maximum absolute atomic E-state index is 13.2. The van der Waals surface area contributed by atoms with Crippen LogP contribution in [0.4, 0.5) is 13.2 Å². The van der Waals surface area contributed by atoms with E-state index in [1.807, 2.05) is 29.6 Å². The number of amides is 1. The van der Waals surface area contributed by atoms with Gasteiger partial charge in [0, 0.05) is 17.6 Å². The highest BCUT2D eigenvalue weighted by Gasteiger charge is 2.36. The average molecular weight is 451 g/mol. The van der Waals surface area contributed by atoms with E-state index in [0.29, 0.717) is 24.5 Å². The Labute approximate surface area is 180 Å². The number of carbonyl (C=O) groups excluding carboxylic acids is 1. The van der Waals surface area contributed by atoms with E-state index in [9.17, 15) is 18.0 Å². The normalized spacial score (nSPS) is 16.2. The Morgan fingerprint density at radius 1 is 1.23 bits per heavy atom. The fourth-order valence-corrected chi connectivity index (χ4v) is 4.65. The maximum Gasteiger partial charge on any atom is 0.435 e. The van der Waals surface area contributed by atoms with Crippen LogP contribution in [0, 0.1) is 0 Å². The number of ether oxygens (including phenoxy) is 2. The number of methoxy groups -OCH3 is 2. The molecule has 1 unspecified atom stereocenters. The maximum atomic E-state index is 13.2. The predicted molar refractivity (Wildman–Crippen MR) is 108 cm³/mol. The highest BCUT2D eigenvalue weighted by molar-refractivity contribution is 7.10. The first-order valence-corrected chi connectivity index (χ1v) is 10.4. The number of rotatable bonds is 5. The highest BCUT2D eigenvalue weighted by atomic mass is 32.1. The second kappa shape index (κ2) is 8.26. The Morgan fingerprint density at radius 2 is 1.97 bits per heavy atom. The van der Waals surface area contributed by atoms with Gasteiger partial charge in [-0.15, -0.1) is 11.3 Å². The van der Waals surface area contributed by atoms with Crippen LogP contribution in [0.3, 0.4) is 0 Å². The summed E-state index contributed by atoms with van der Waals surface area (Å²) >= 11 is 1.51. The van der Waals surface area contributed by atoms with Crippen molar-refractivity contribution < 1.29 is 27.4 Å². The van der Waals surface area contributed by atoms with Gasteiger partial charge in [-0.1, -0.05) is 6.07 Å². The van der Waals surface area contributed by atoms with E-state index < -0.39 is 11.9 Å².